The number of halogens is 3. The fourth-order valence-electron chi connectivity index (χ4n) is 2.39. The summed E-state index contributed by atoms with van der Waals surface area (Å²) in [5.74, 6) is -0.570. The van der Waals surface area contributed by atoms with Gasteiger partial charge in [0.15, 0.2) is 0 Å². The normalized spacial score (nSPS) is 18.9. The van der Waals surface area contributed by atoms with E-state index in [1.54, 1.807) is 0 Å². The number of hydrogen-bond acceptors (Lipinski definition) is 2. The van der Waals surface area contributed by atoms with Crippen molar-refractivity contribution in [2.45, 2.75) is 25.1 Å². The van der Waals surface area contributed by atoms with E-state index in [-0.39, 0.29) is 5.92 Å². The van der Waals surface area contributed by atoms with Crippen LogP contribution >= 0.6 is 0 Å². The summed E-state index contributed by atoms with van der Waals surface area (Å²) in [6.07, 6.45) is -3.80. The van der Waals surface area contributed by atoms with Crippen LogP contribution in [0.4, 0.5) is 13.2 Å². The minimum Gasteiger partial charge on any atom is -0.307 e. The molecule has 1 aromatic heterocycles. The predicted octanol–water partition coefficient (Wildman–Crippen LogP) is 2.83. The van der Waals surface area contributed by atoms with Gasteiger partial charge in [-0.3, -0.25) is 0 Å². The highest BCUT2D eigenvalue weighted by molar-refractivity contribution is 5.28. The van der Waals surface area contributed by atoms with Gasteiger partial charge in [-0.15, -0.1) is 10.2 Å². The molecule has 0 N–H and O–H groups in total. The van der Waals surface area contributed by atoms with Crippen molar-refractivity contribution in [2.24, 2.45) is 0 Å². The Hall–Kier alpha value is -1.85. The fraction of sp³-hybridized carbons (Fsp3) is 0.333. The van der Waals surface area contributed by atoms with Crippen molar-refractivity contribution in [3.05, 3.63) is 47.5 Å². The second-order valence-electron chi connectivity index (χ2n) is 4.28. The molecule has 1 aliphatic heterocycles. The zero-order valence-corrected chi connectivity index (χ0v) is 9.35. The summed E-state index contributed by atoms with van der Waals surface area (Å²) in [6, 6.07) is 9.44. The summed E-state index contributed by atoms with van der Waals surface area (Å²) < 4.78 is 39.2. The van der Waals surface area contributed by atoms with E-state index in [1.165, 1.54) is 4.57 Å². The zero-order chi connectivity index (χ0) is 12.8. The van der Waals surface area contributed by atoms with Gasteiger partial charge in [0.25, 0.3) is 0 Å². The molecule has 2 heterocycles. The van der Waals surface area contributed by atoms with Gasteiger partial charge in [-0.2, -0.15) is 13.2 Å². The highest BCUT2D eigenvalue weighted by atomic mass is 19.4. The maximum absolute atomic E-state index is 12.7. The van der Waals surface area contributed by atoms with Gasteiger partial charge in [0, 0.05) is 12.5 Å². The largest absolute Gasteiger partial charge is 0.451 e. The number of fused-ring (bicyclic) bond motifs is 1. The van der Waals surface area contributed by atoms with Crippen LogP contribution in [0, 0.1) is 0 Å². The smallest absolute Gasteiger partial charge is 0.307 e. The highest BCUT2D eigenvalue weighted by Gasteiger charge is 2.41. The highest BCUT2D eigenvalue weighted by Crippen LogP contribution is 2.37. The van der Waals surface area contributed by atoms with Gasteiger partial charge in [-0.1, -0.05) is 30.3 Å². The van der Waals surface area contributed by atoms with Gasteiger partial charge >= 0.3 is 6.18 Å². The lowest BCUT2D eigenvalue weighted by molar-refractivity contribution is -0.147. The molecule has 1 atom stereocenters. The Balaban J connectivity index is 2.02. The van der Waals surface area contributed by atoms with Gasteiger partial charge < -0.3 is 4.57 Å². The average molecular weight is 253 g/mol. The van der Waals surface area contributed by atoms with Gasteiger partial charge in [0.1, 0.15) is 5.82 Å². The maximum Gasteiger partial charge on any atom is 0.451 e. The molecule has 1 aromatic carbocycles. The van der Waals surface area contributed by atoms with E-state index in [4.69, 9.17) is 0 Å². The Bertz CT molecular complexity index is 560. The first-order valence-electron chi connectivity index (χ1n) is 5.62. The summed E-state index contributed by atoms with van der Waals surface area (Å²) >= 11 is 0. The number of benzene rings is 1. The second kappa shape index (κ2) is 3.83. The van der Waals surface area contributed by atoms with Gasteiger partial charge in [-0.05, 0) is 12.0 Å². The van der Waals surface area contributed by atoms with E-state index < -0.39 is 12.0 Å². The molecule has 0 aliphatic carbocycles. The van der Waals surface area contributed by atoms with Crippen molar-refractivity contribution in [1.29, 1.82) is 0 Å². The van der Waals surface area contributed by atoms with Crippen LogP contribution in [0.1, 0.15) is 29.6 Å². The van der Waals surface area contributed by atoms with Crippen LogP contribution in [-0.2, 0) is 12.7 Å². The summed E-state index contributed by atoms with van der Waals surface area (Å²) in [5.41, 5.74) is 0.984. The van der Waals surface area contributed by atoms with E-state index in [0.29, 0.717) is 18.8 Å². The Labute approximate surface area is 101 Å². The Morgan fingerprint density at radius 1 is 1.11 bits per heavy atom. The molecule has 0 fully saturated rings. The third-order valence-electron chi connectivity index (χ3n) is 3.19. The van der Waals surface area contributed by atoms with Crippen LogP contribution in [0.2, 0.25) is 0 Å². The first-order valence-corrected chi connectivity index (χ1v) is 5.62. The second-order valence-corrected chi connectivity index (χ2v) is 4.28. The first kappa shape index (κ1) is 11.3. The van der Waals surface area contributed by atoms with Crippen LogP contribution in [0.5, 0.6) is 0 Å². The zero-order valence-electron chi connectivity index (χ0n) is 9.35. The first-order chi connectivity index (χ1) is 8.57. The molecule has 0 amide bonds. The van der Waals surface area contributed by atoms with Crippen molar-refractivity contribution < 1.29 is 13.2 Å². The summed E-state index contributed by atoms with van der Waals surface area (Å²) in [4.78, 5) is 0. The summed E-state index contributed by atoms with van der Waals surface area (Å²) in [7, 11) is 0. The molecule has 94 valence electrons. The minimum absolute atomic E-state index is 0.0881. The molecule has 1 unspecified atom stereocenters. The van der Waals surface area contributed by atoms with Gasteiger partial charge in [-0.25, -0.2) is 0 Å². The number of nitrogens with zero attached hydrogens (tertiary/aromatic N) is 3. The lowest BCUT2D eigenvalue weighted by atomic mass is 9.98. The summed E-state index contributed by atoms with van der Waals surface area (Å²) in [6.45, 7) is 0.316. The minimum atomic E-state index is -4.43. The number of hydrogen-bond donors (Lipinski definition) is 0. The third kappa shape index (κ3) is 1.68. The third-order valence-corrected chi connectivity index (χ3v) is 3.19. The monoisotopic (exact) mass is 253 g/mol. The fourth-order valence-corrected chi connectivity index (χ4v) is 2.39. The predicted molar refractivity (Wildman–Crippen MR) is 57.9 cm³/mol. The van der Waals surface area contributed by atoms with E-state index in [9.17, 15) is 13.2 Å². The van der Waals surface area contributed by atoms with Crippen molar-refractivity contribution in [3.8, 4) is 0 Å². The van der Waals surface area contributed by atoms with E-state index >= 15 is 0 Å². The number of alkyl halides is 3. The van der Waals surface area contributed by atoms with Crippen LogP contribution in [-0.4, -0.2) is 14.8 Å². The SMILES string of the molecule is FC(F)(F)c1nnc2n1CCC2c1ccccc1. The molecule has 0 bridgehead atoms. The standard InChI is InChI=1S/C12H10F3N3/c13-12(14,15)11-17-16-10-9(6-7-18(10)11)8-4-2-1-3-5-8/h1-5,9H,6-7H2. The molecule has 2 aromatic rings. The van der Waals surface area contributed by atoms with Gasteiger partial charge in [0.2, 0.25) is 5.82 Å². The Morgan fingerprint density at radius 3 is 2.50 bits per heavy atom. The number of rotatable bonds is 1. The molecule has 0 saturated heterocycles. The van der Waals surface area contributed by atoms with Crippen molar-refractivity contribution >= 4 is 0 Å². The molecule has 1 aliphatic rings. The van der Waals surface area contributed by atoms with Crippen LogP contribution < -0.4 is 0 Å². The lowest BCUT2D eigenvalue weighted by Gasteiger charge is -2.07. The molecule has 0 radical (unpaired) electrons. The van der Waals surface area contributed by atoms with E-state index in [2.05, 4.69) is 10.2 Å². The van der Waals surface area contributed by atoms with Crippen LogP contribution in [0.3, 0.4) is 0 Å². The molecule has 18 heavy (non-hydrogen) atoms. The maximum atomic E-state index is 12.7. The quantitative estimate of drug-likeness (QED) is 0.782. The molecular weight excluding hydrogens is 243 g/mol. The van der Waals surface area contributed by atoms with Crippen LogP contribution in [0.25, 0.3) is 0 Å². The average Bonchev–Trinajstić information content (AvgIpc) is 2.88. The molecular formula is C12H10F3N3. The molecule has 6 heteroatoms. The lowest BCUT2D eigenvalue weighted by Crippen LogP contribution is -2.13. The Kier molecular flexibility index (Phi) is 2.39. The molecule has 3 nitrogen and oxygen atoms in total. The Morgan fingerprint density at radius 2 is 1.83 bits per heavy atom. The number of aromatic nitrogens is 3. The van der Waals surface area contributed by atoms with E-state index in [1.807, 2.05) is 30.3 Å². The molecule has 0 spiro atoms. The van der Waals surface area contributed by atoms with Crippen molar-refractivity contribution in [2.75, 3.05) is 0 Å². The molecule has 3 rings (SSSR count). The summed E-state index contributed by atoms with van der Waals surface area (Å²) in [5, 5.41) is 6.99. The van der Waals surface area contributed by atoms with Gasteiger partial charge in [0.05, 0.1) is 0 Å². The topological polar surface area (TPSA) is 30.7 Å². The molecule has 0 saturated carbocycles. The van der Waals surface area contributed by atoms with Crippen molar-refractivity contribution in [3.63, 3.8) is 0 Å². The van der Waals surface area contributed by atoms with E-state index in [0.717, 1.165) is 5.56 Å². The van der Waals surface area contributed by atoms with Crippen molar-refractivity contribution in [1.82, 2.24) is 14.8 Å². The van der Waals surface area contributed by atoms with Crippen LogP contribution in [0.15, 0.2) is 30.3 Å².